The van der Waals surface area contributed by atoms with E-state index in [2.05, 4.69) is 10.1 Å². The first-order valence-electron chi connectivity index (χ1n) is 7.93. The van der Waals surface area contributed by atoms with E-state index in [0.29, 0.717) is 35.3 Å². The summed E-state index contributed by atoms with van der Waals surface area (Å²) in [5.41, 5.74) is 2.58. The van der Waals surface area contributed by atoms with E-state index in [1.165, 1.54) is 0 Å². The summed E-state index contributed by atoms with van der Waals surface area (Å²) < 4.78 is 5.32. The Morgan fingerprint density at radius 3 is 2.76 bits per heavy atom. The lowest BCUT2D eigenvalue weighted by Gasteiger charge is -2.16. The molecule has 0 bridgehead atoms. The van der Waals surface area contributed by atoms with Crippen LogP contribution in [0.5, 0.6) is 0 Å². The average molecular weight is 356 g/mol. The van der Waals surface area contributed by atoms with Gasteiger partial charge in [0.2, 0.25) is 0 Å². The fourth-order valence-electron chi connectivity index (χ4n) is 2.46. The van der Waals surface area contributed by atoms with Crippen molar-refractivity contribution in [3.63, 3.8) is 0 Å². The standard InChI is InChI=1S/C19H18ClN3O2/c1-13-5-3-6-14(11-13)18-21-17(22-25-18)9-10-23(2)19(24)15-7-4-8-16(20)12-15/h3-8,11-12H,9-10H2,1-2H3. The summed E-state index contributed by atoms with van der Waals surface area (Å²) in [5.74, 6) is 0.967. The molecule has 0 aliphatic carbocycles. The van der Waals surface area contributed by atoms with Gasteiger partial charge in [0.15, 0.2) is 5.82 Å². The molecule has 2 aromatic carbocycles. The third-order valence-electron chi connectivity index (χ3n) is 3.82. The highest BCUT2D eigenvalue weighted by Gasteiger charge is 2.14. The van der Waals surface area contributed by atoms with Gasteiger partial charge in [-0.1, -0.05) is 40.5 Å². The van der Waals surface area contributed by atoms with Crippen LogP contribution in [0.4, 0.5) is 0 Å². The van der Waals surface area contributed by atoms with Crippen LogP contribution in [0.1, 0.15) is 21.7 Å². The van der Waals surface area contributed by atoms with Gasteiger partial charge in [-0.2, -0.15) is 4.98 Å². The average Bonchev–Trinajstić information content (AvgIpc) is 3.08. The molecule has 0 radical (unpaired) electrons. The van der Waals surface area contributed by atoms with Gasteiger partial charge in [0.25, 0.3) is 11.8 Å². The van der Waals surface area contributed by atoms with E-state index in [0.717, 1.165) is 11.1 Å². The molecule has 25 heavy (non-hydrogen) atoms. The van der Waals surface area contributed by atoms with Crippen LogP contribution in [0.2, 0.25) is 5.02 Å². The second-order valence-corrected chi connectivity index (χ2v) is 6.31. The summed E-state index contributed by atoms with van der Waals surface area (Å²) >= 11 is 5.94. The lowest BCUT2D eigenvalue weighted by Crippen LogP contribution is -2.29. The highest BCUT2D eigenvalue weighted by molar-refractivity contribution is 6.30. The molecule has 0 fully saturated rings. The third-order valence-corrected chi connectivity index (χ3v) is 4.06. The van der Waals surface area contributed by atoms with Crippen LogP contribution in [0.15, 0.2) is 53.1 Å². The maximum Gasteiger partial charge on any atom is 0.257 e. The molecule has 0 atom stereocenters. The molecule has 1 heterocycles. The number of rotatable bonds is 5. The van der Waals surface area contributed by atoms with Crippen molar-refractivity contribution in [1.82, 2.24) is 15.0 Å². The molecular weight excluding hydrogens is 338 g/mol. The molecule has 6 heteroatoms. The summed E-state index contributed by atoms with van der Waals surface area (Å²) in [7, 11) is 1.74. The van der Waals surface area contributed by atoms with Crippen molar-refractivity contribution in [2.45, 2.75) is 13.3 Å². The molecule has 1 aromatic heterocycles. The maximum atomic E-state index is 12.4. The van der Waals surface area contributed by atoms with Gasteiger partial charge >= 0.3 is 0 Å². The molecule has 0 saturated carbocycles. The van der Waals surface area contributed by atoms with Crippen molar-refractivity contribution >= 4 is 17.5 Å². The summed E-state index contributed by atoms with van der Waals surface area (Å²) in [4.78, 5) is 18.4. The highest BCUT2D eigenvalue weighted by Crippen LogP contribution is 2.18. The van der Waals surface area contributed by atoms with Gasteiger partial charge in [0.1, 0.15) is 0 Å². The minimum absolute atomic E-state index is 0.0927. The highest BCUT2D eigenvalue weighted by atomic mass is 35.5. The number of aryl methyl sites for hydroxylation is 1. The van der Waals surface area contributed by atoms with Gasteiger partial charge in [0.05, 0.1) is 0 Å². The van der Waals surface area contributed by atoms with Crippen LogP contribution < -0.4 is 0 Å². The van der Waals surface area contributed by atoms with Gasteiger partial charge in [-0.3, -0.25) is 4.79 Å². The van der Waals surface area contributed by atoms with Crippen molar-refractivity contribution in [1.29, 1.82) is 0 Å². The smallest absolute Gasteiger partial charge is 0.257 e. The Morgan fingerprint density at radius 1 is 1.20 bits per heavy atom. The van der Waals surface area contributed by atoms with Crippen LogP contribution in [-0.4, -0.2) is 34.5 Å². The lowest BCUT2D eigenvalue weighted by atomic mass is 10.1. The molecule has 0 unspecified atom stereocenters. The summed E-state index contributed by atoms with van der Waals surface area (Å²) in [5, 5.41) is 4.54. The van der Waals surface area contributed by atoms with E-state index < -0.39 is 0 Å². The molecule has 1 amide bonds. The number of halogens is 1. The first-order valence-corrected chi connectivity index (χ1v) is 8.31. The van der Waals surface area contributed by atoms with Crippen LogP contribution >= 0.6 is 11.6 Å². The first kappa shape index (κ1) is 17.2. The van der Waals surface area contributed by atoms with E-state index in [-0.39, 0.29) is 5.91 Å². The Balaban J connectivity index is 1.63. The molecule has 3 rings (SSSR count). The van der Waals surface area contributed by atoms with Gasteiger partial charge in [-0.05, 0) is 37.3 Å². The van der Waals surface area contributed by atoms with Crippen molar-refractivity contribution in [2.75, 3.05) is 13.6 Å². The Labute approximate surface area is 151 Å². The molecule has 0 aliphatic heterocycles. The van der Waals surface area contributed by atoms with Gasteiger partial charge < -0.3 is 9.42 Å². The normalized spacial score (nSPS) is 10.7. The number of hydrogen-bond acceptors (Lipinski definition) is 4. The SMILES string of the molecule is Cc1cccc(-c2nc(CCN(C)C(=O)c3cccc(Cl)c3)no2)c1. The Morgan fingerprint density at radius 2 is 2.00 bits per heavy atom. The molecular formula is C19H18ClN3O2. The first-order chi connectivity index (χ1) is 12.0. The van der Waals surface area contributed by atoms with Crippen LogP contribution in [0.25, 0.3) is 11.5 Å². The van der Waals surface area contributed by atoms with E-state index in [1.54, 1.807) is 36.2 Å². The number of amides is 1. The monoisotopic (exact) mass is 355 g/mol. The summed E-state index contributed by atoms with van der Waals surface area (Å²) in [6.45, 7) is 2.50. The molecule has 0 aliphatic rings. The third kappa shape index (κ3) is 4.25. The van der Waals surface area contributed by atoms with Gasteiger partial charge in [-0.15, -0.1) is 0 Å². The number of carbonyl (C=O) groups excluding carboxylic acids is 1. The second kappa shape index (κ2) is 7.49. The predicted octanol–water partition coefficient (Wildman–Crippen LogP) is 4.01. The van der Waals surface area contributed by atoms with E-state index in [1.807, 2.05) is 31.2 Å². The summed E-state index contributed by atoms with van der Waals surface area (Å²) in [6.07, 6.45) is 0.512. The van der Waals surface area contributed by atoms with E-state index in [4.69, 9.17) is 16.1 Å². The lowest BCUT2D eigenvalue weighted by molar-refractivity contribution is 0.0796. The zero-order chi connectivity index (χ0) is 17.8. The molecule has 128 valence electrons. The van der Waals surface area contributed by atoms with Gasteiger partial charge in [0, 0.05) is 36.2 Å². The fraction of sp³-hybridized carbons (Fsp3) is 0.211. The number of nitrogens with zero attached hydrogens (tertiary/aromatic N) is 3. The van der Waals surface area contributed by atoms with Crippen LogP contribution in [0.3, 0.4) is 0 Å². The van der Waals surface area contributed by atoms with Crippen molar-refractivity contribution in [2.24, 2.45) is 0 Å². The summed E-state index contributed by atoms with van der Waals surface area (Å²) in [6, 6.07) is 14.8. The molecule has 5 nitrogen and oxygen atoms in total. The van der Waals surface area contributed by atoms with Crippen LogP contribution in [-0.2, 0) is 6.42 Å². The van der Waals surface area contributed by atoms with Crippen molar-refractivity contribution in [3.8, 4) is 11.5 Å². The minimum atomic E-state index is -0.0927. The molecule has 3 aromatic rings. The van der Waals surface area contributed by atoms with Crippen molar-refractivity contribution in [3.05, 3.63) is 70.5 Å². The largest absolute Gasteiger partial charge is 0.341 e. The number of hydrogen-bond donors (Lipinski definition) is 0. The fourth-order valence-corrected chi connectivity index (χ4v) is 2.65. The number of carbonyl (C=O) groups is 1. The van der Waals surface area contributed by atoms with Crippen molar-refractivity contribution < 1.29 is 9.32 Å². The molecule has 0 N–H and O–H groups in total. The Kier molecular flexibility index (Phi) is 5.14. The van der Waals surface area contributed by atoms with E-state index >= 15 is 0 Å². The second-order valence-electron chi connectivity index (χ2n) is 5.87. The Bertz CT molecular complexity index is 892. The predicted molar refractivity (Wildman–Crippen MR) is 96.6 cm³/mol. The zero-order valence-corrected chi connectivity index (χ0v) is 14.8. The Hall–Kier alpha value is -2.66. The number of benzene rings is 2. The maximum absolute atomic E-state index is 12.4. The molecule has 0 spiro atoms. The van der Waals surface area contributed by atoms with Crippen LogP contribution in [0, 0.1) is 6.92 Å². The van der Waals surface area contributed by atoms with Gasteiger partial charge in [-0.25, -0.2) is 0 Å². The van der Waals surface area contributed by atoms with E-state index in [9.17, 15) is 4.79 Å². The molecule has 0 saturated heterocycles. The number of aromatic nitrogens is 2. The number of likely N-dealkylation sites (N-methyl/N-ethyl adjacent to an activating group) is 1. The quantitative estimate of drug-likeness (QED) is 0.693. The topological polar surface area (TPSA) is 59.2 Å². The zero-order valence-electron chi connectivity index (χ0n) is 14.1. The minimum Gasteiger partial charge on any atom is -0.341 e.